The van der Waals surface area contributed by atoms with Crippen LogP contribution in [0.3, 0.4) is 0 Å². The van der Waals surface area contributed by atoms with Gasteiger partial charge in [-0.15, -0.1) is 0 Å². The van der Waals surface area contributed by atoms with Gasteiger partial charge in [0.2, 0.25) is 0 Å². The maximum atomic E-state index is 11.3. The fourth-order valence-corrected chi connectivity index (χ4v) is 5.58. The van der Waals surface area contributed by atoms with Crippen LogP contribution in [0.15, 0.2) is 0 Å². The summed E-state index contributed by atoms with van der Waals surface area (Å²) < 4.78 is 16.8. The van der Waals surface area contributed by atoms with Gasteiger partial charge in [-0.1, -0.05) is 18.7 Å². The van der Waals surface area contributed by atoms with E-state index in [2.05, 4.69) is 64.7 Å². The number of ether oxygens (including phenoxy) is 1. The average Bonchev–Trinajstić information content (AvgIpc) is 2.48. The number of hydrogen-bond donors (Lipinski definition) is 0. The van der Waals surface area contributed by atoms with Crippen LogP contribution >= 0.6 is 20.2 Å². The van der Waals surface area contributed by atoms with Crippen LogP contribution in [-0.4, -0.2) is 57.8 Å². The third-order valence-electron chi connectivity index (χ3n) is 3.54. The van der Waals surface area contributed by atoms with Crippen molar-refractivity contribution in [2.45, 2.75) is 92.9 Å². The fraction of sp³-hybridized carbons (Fsp3) is 0.944. The second-order valence-corrected chi connectivity index (χ2v) is 9.96. The molecule has 0 aliphatic heterocycles. The normalized spacial score (nSPS) is 12.8. The van der Waals surface area contributed by atoms with Gasteiger partial charge in [-0.25, -0.2) is 9.34 Å². The topological polar surface area (TPSA) is 42.0 Å². The molecule has 0 bridgehead atoms. The number of nitrogens with zero attached hydrogens (tertiary/aromatic N) is 2. The first-order valence-electron chi connectivity index (χ1n) is 9.36. The molecule has 0 aliphatic rings. The van der Waals surface area contributed by atoms with Gasteiger partial charge in [0.1, 0.15) is 0 Å². The molecule has 7 heteroatoms. The van der Waals surface area contributed by atoms with Crippen LogP contribution in [0.2, 0.25) is 0 Å². The highest BCUT2D eigenvalue weighted by atomic mass is 32.2. The first-order valence-corrected chi connectivity index (χ1v) is 11.5. The van der Waals surface area contributed by atoms with Crippen molar-refractivity contribution in [1.29, 1.82) is 0 Å². The first-order chi connectivity index (χ1) is 11.6. The molecule has 0 spiro atoms. The van der Waals surface area contributed by atoms with Gasteiger partial charge in [0.05, 0.1) is 6.61 Å². The van der Waals surface area contributed by atoms with Gasteiger partial charge < -0.3 is 9.26 Å². The minimum Gasteiger partial charge on any atom is -0.354 e. The zero-order chi connectivity index (χ0) is 19.6. The summed E-state index contributed by atoms with van der Waals surface area (Å²) in [4.78, 5) is 11.3. The molecule has 0 saturated carbocycles. The Kier molecular flexibility index (Phi) is 13.6. The maximum absolute atomic E-state index is 11.3. The minimum atomic E-state index is -0.914. The summed E-state index contributed by atoms with van der Waals surface area (Å²) in [6, 6.07) is 1.57. The number of carbonyl (C=O) groups excluding carboxylic acids is 1. The van der Waals surface area contributed by atoms with Crippen molar-refractivity contribution in [3.8, 4) is 0 Å². The van der Waals surface area contributed by atoms with Crippen LogP contribution in [0.4, 0.5) is 0 Å². The summed E-state index contributed by atoms with van der Waals surface area (Å²) >= 11 is 1.33. The molecule has 0 aromatic carbocycles. The van der Waals surface area contributed by atoms with E-state index in [9.17, 15) is 4.79 Å². The molecule has 0 saturated heterocycles. The highest BCUT2D eigenvalue weighted by molar-refractivity contribution is 8.13. The Morgan fingerprint density at radius 2 is 1.36 bits per heavy atom. The third-order valence-corrected chi connectivity index (χ3v) is 7.50. The zero-order valence-electron chi connectivity index (χ0n) is 17.6. The molecule has 0 fully saturated rings. The lowest BCUT2D eigenvalue weighted by atomic mass is 10.3. The standard InChI is InChI=1S/C18H39N2O3PS/c1-10-18(21)25-12-11-22-13-23-24(19(14(2)3)15(4)5)20(16(6)7)17(8)9/h14-17H,10-13H2,1-9H3. The van der Waals surface area contributed by atoms with Crippen molar-refractivity contribution in [2.75, 3.05) is 19.2 Å². The average molecular weight is 395 g/mol. The van der Waals surface area contributed by atoms with E-state index < -0.39 is 8.45 Å². The Labute approximate surface area is 161 Å². The smallest absolute Gasteiger partial charge is 0.191 e. The monoisotopic (exact) mass is 394 g/mol. The van der Waals surface area contributed by atoms with Gasteiger partial charge in [-0.3, -0.25) is 4.79 Å². The summed E-state index contributed by atoms with van der Waals surface area (Å²) in [6.45, 7) is 20.4. The Balaban J connectivity index is 4.82. The molecule has 0 radical (unpaired) electrons. The van der Waals surface area contributed by atoms with Crippen molar-refractivity contribution in [3.05, 3.63) is 0 Å². The predicted molar refractivity (Wildman–Crippen MR) is 111 cm³/mol. The highest BCUT2D eigenvalue weighted by Gasteiger charge is 2.34. The van der Waals surface area contributed by atoms with Gasteiger partial charge in [-0.2, -0.15) is 0 Å². The molecule has 25 heavy (non-hydrogen) atoms. The van der Waals surface area contributed by atoms with Crippen molar-refractivity contribution in [1.82, 2.24) is 9.34 Å². The van der Waals surface area contributed by atoms with Crippen molar-refractivity contribution in [2.24, 2.45) is 0 Å². The van der Waals surface area contributed by atoms with Crippen LogP contribution in [0.5, 0.6) is 0 Å². The van der Waals surface area contributed by atoms with Gasteiger partial charge in [0.25, 0.3) is 0 Å². The molecule has 0 rings (SSSR count). The molecule has 0 amide bonds. The molecule has 0 aromatic rings. The van der Waals surface area contributed by atoms with Crippen LogP contribution in [0.1, 0.15) is 68.7 Å². The van der Waals surface area contributed by atoms with Crippen molar-refractivity contribution >= 4 is 25.3 Å². The maximum Gasteiger partial charge on any atom is 0.191 e. The molecule has 0 atom stereocenters. The quantitative estimate of drug-likeness (QED) is 0.246. The van der Waals surface area contributed by atoms with Gasteiger partial charge in [0.15, 0.2) is 20.4 Å². The molecule has 0 unspecified atom stereocenters. The van der Waals surface area contributed by atoms with Gasteiger partial charge in [-0.05, 0) is 55.4 Å². The summed E-state index contributed by atoms with van der Waals surface area (Å²) in [5.41, 5.74) is 0. The number of hydrogen-bond acceptors (Lipinski definition) is 6. The van der Waals surface area contributed by atoms with Crippen molar-refractivity contribution in [3.63, 3.8) is 0 Å². The lowest BCUT2D eigenvalue weighted by molar-refractivity contribution is -0.110. The largest absolute Gasteiger partial charge is 0.354 e. The van der Waals surface area contributed by atoms with E-state index >= 15 is 0 Å². The molecule has 0 aromatic heterocycles. The summed E-state index contributed by atoms with van der Waals surface area (Å²) in [7, 11) is -0.914. The molecule has 0 aliphatic carbocycles. The predicted octanol–water partition coefficient (Wildman–Crippen LogP) is 5.11. The summed E-state index contributed by atoms with van der Waals surface area (Å²) in [5.74, 6) is 0.685. The Bertz CT molecular complexity index is 332. The second-order valence-electron chi connectivity index (χ2n) is 7.12. The van der Waals surface area contributed by atoms with Crippen molar-refractivity contribution < 1.29 is 14.1 Å². The summed E-state index contributed by atoms with van der Waals surface area (Å²) in [6.07, 6.45) is 0.571. The lowest BCUT2D eigenvalue weighted by Crippen LogP contribution is -2.43. The van der Waals surface area contributed by atoms with Gasteiger partial charge in [0, 0.05) is 36.3 Å². The van der Waals surface area contributed by atoms with Crippen LogP contribution in [-0.2, 0) is 14.1 Å². The fourth-order valence-electron chi connectivity index (χ4n) is 2.70. The number of thioether (sulfide) groups is 1. The Morgan fingerprint density at radius 1 is 0.920 bits per heavy atom. The van der Waals surface area contributed by atoms with E-state index in [-0.39, 0.29) is 11.9 Å². The van der Waals surface area contributed by atoms with Crippen LogP contribution in [0, 0.1) is 0 Å². The molecular formula is C18H39N2O3PS. The second kappa shape index (κ2) is 13.5. The molecule has 5 nitrogen and oxygen atoms in total. The van der Waals surface area contributed by atoms with E-state index in [1.165, 1.54) is 11.8 Å². The Morgan fingerprint density at radius 3 is 1.72 bits per heavy atom. The van der Waals surface area contributed by atoms with Crippen LogP contribution in [0.25, 0.3) is 0 Å². The lowest BCUT2D eigenvalue weighted by Gasteiger charge is -2.45. The van der Waals surface area contributed by atoms with E-state index in [0.717, 1.165) is 0 Å². The van der Waals surface area contributed by atoms with E-state index in [1.54, 1.807) is 0 Å². The van der Waals surface area contributed by atoms with E-state index in [1.807, 2.05) is 6.92 Å². The highest BCUT2D eigenvalue weighted by Crippen LogP contribution is 2.50. The van der Waals surface area contributed by atoms with Crippen LogP contribution < -0.4 is 0 Å². The van der Waals surface area contributed by atoms with Gasteiger partial charge >= 0.3 is 0 Å². The zero-order valence-corrected chi connectivity index (χ0v) is 19.3. The third kappa shape index (κ3) is 9.69. The van der Waals surface area contributed by atoms with E-state index in [4.69, 9.17) is 9.26 Å². The molecular weight excluding hydrogens is 355 g/mol. The molecule has 150 valence electrons. The molecule has 0 N–H and O–H groups in total. The summed E-state index contributed by atoms with van der Waals surface area (Å²) in [5, 5.41) is 0.211. The van der Waals surface area contributed by atoms with E-state index in [0.29, 0.717) is 42.9 Å². The molecule has 0 heterocycles. The first kappa shape index (κ1) is 25.3. The number of rotatable bonds is 13. The Hall–Kier alpha value is 0.290. The minimum absolute atomic E-state index is 0.211. The SMILES string of the molecule is CCC(=O)SCCOCOP(N(C(C)C)C(C)C)N(C(C)C)C(C)C. The number of carbonyl (C=O) groups is 1.